The summed E-state index contributed by atoms with van der Waals surface area (Å²) in [6.45, 7) is 2.09. The first-order valence-corrected chi connectivity index (χ1v) is 4.72. The van der Waals surface area contributed by atoms with E-state index in [0.29, 0.717) is 6.04 Å². The van der Waals surface area contributed by atoms with Crippen molar-refractivity contribution in [2.24, 2.45) is 0 Å². The topological polar surface area (TPSA) is 12.0 Å². The summed E-state index contributed by atoms with van der Waals surface area (Å²) in [5.74, 6) is 0. The first-order valence-electron chi connectivity index (χ1n) is 4.34. The number of halogens is 1. The fraction of sp³-hybridized carbons (Fsp3) is 0.273. The minimum atomic E-state index is 0.372. The third kappa shape index (κ3) is 3.21. The normalized spacial score (nSPS) is 13.5. The van der Waals surface area contributed by atoms with Crippen molar-refractivity contribution in [1.29, 1.82) is 0 Å². The molecule has 1 aromatic carbocycles. The second-order valence-electron chi connectivity index (χ2n) is 2.96. The number of hydrogen-bond donors (Lipinski definition) is 1. The molecule has 1 N–H and O–H groups in total. The van der Waals surface area contributed by atoms with Crippen molar-refractivity contribution < 1.29 is 0 Å². The lowest BCUT2D eigenvalue weighted by Crippen LogP contribution is -2.17. The van der Waals surface area contributed by atoms with Crippen LogP contribution in [0.3, 0.4) is 0 Å². The van der Waals surface area contributed by atoms with Gasteiger partial charge in [0, 0.05) is 11.1 Å². The molecule has 2 heteroatoms. The van der Waals surface area contributed by atoms with Crippen LogP contribution in [0.15, 0.2) is 30.3 Å². The molecule has 1 aromatic rings. The Morgan fingerprint density at radius 3 is 2.69 bits per heavy atom. The predicted octanol–water partition coefficient (Wildman–Crippen LogP) is 2.96. The van der Waals surface area contributed by atoms with Crippen LogP contribution in [0.4, 0.5) is 0 Å². The van der Waals surface area contributed by atoms with Crippen molar-refractivity contribution in [3.05, 3.63) is 40.9 Å². The molecule has 0 heterocycles. The molecule has 13 heavy (non-hydrogen) atoms. The van der Waals surface area contributed by atoms with Gasteiger partial charge in [0.2, 0.25) is 0 Å². The van der Waals surface area contributed by atoms with Gasteiger partial charge in [0.1, 0.15) is 0 Å². The maximum absolute atomic E-state index is 5.98. The van der Waals surface area contributed by atoms with Gasteiger partial charge in [-0.2, -0.15) is 0 Å². The van der Waals surface area contributed by atoms with E-state index in [9.17, 15) is 0 Å². The van der Waals surface area contributed by atoms with Crippen LogP contribution >= 0.6 is 11.6 Å². The van der Waals surface area contributed by atoms with Crippen molar-refractivity contribution in [3.8, 4) is 0 Å². The van der Waals surface area contributed by atoms with E-state index in [0.717, 1.165) is 10.6 Å². The van der Waals surface area contributed by atoms with E-state index < -0.39 is 0 Å². The van der Waals surface area contributed by atoms with Crippen LogP contribution in [0.1, 0.15) is 12.5 Å². The Kier molecular flexibility index (Phi) is 4.00. The van der Waals surface area contributed by atoms with E-state index >= 15 is 0 Å². The summed E-state index contributed by atoms with van der Waals surface area (Å²) in [5.41, 5.74) is 1.06. The van der Waals surface area contributed by atoms with Gasteiger partial charge < -0.3 is 5.32 Å². The molecule has 0 aromatic heterocycles. The van der Waals surface area contributed by atoms with E-state index in [1.165, 1.54) is 0 Å². The molecule has 0 aliphatic heterocycles. The molecule has 0 fully saturated rings. The molecule has 1 nitrogen and oxygen atoms in total. The first kappa shape index (κ1) is 10.3. The smallest absolute Gasteiger partial charge is 0.0478 e. The zero-order chi connectivity index (χ0) is 9.68. The molecule has 70 valence electrons. The third-order valence-corrected chi connectivity index (χ3v) is 2.27. The Morgan fingerprint density at radius 2 is 2.08 bits per heavy atom. The summed E-state index contributed by atoms with van der Waals surface area (Å²) in [4.78, 5) is 0. The number of likely N-dealkylation sites (N-methyl/N-ethyl adjacent to an activating group) is 1. The standard InChI is InChI=1S/C11H14ClN/c1-9(13-2)7-8-10-5-3-4-6-11(10)12/h3-9,13H,1-2H3. The monoisotopic (exact) mass is 195 g/mol. The van der Waals surface area contributed by atoms with Gasteiger partial charge in [-0.15, -0.1) is 0 Å². The molecule has 0 spiro atoms. The molecule has 0 saturated heterocycles. The second-order valence-corrected chi connectivity index (χ2v) is 3.37. The van der Waals surface area contributed by atoms with Crippen LogP contribution in [0.2, 0.25) is 5.02 Å². The molecule has 0 bridgehead atoms. The van der Waals surface area contributed by atoms with E-state index in [-0.39, 0.29) is 0 Å². The van der Waals surface area contributed by atoms with Crippen LogP contribution in [0.5, 0.6) is 0 Å². The second kappa shape index (κ2) is 5.05. The minimum Gasteiger partial charge on any atom is -0.314 e. The van der Waals surface area contributed by atoms with Gasteiger partial charge in [0.25, 0.3) is 0 Å². The minimum absolute atomic E-state index is 0.372. The number of hydrogen-bond acceptors (Lipinski definition) is 1. The highest BCUT2D eigenvalue weighted by Crippen LogP contribution is 2.16. The van der Waals surface area contributed by atoms with Crippen LogP contribution in [-0.2, 0) is 0 Å². The van der Waals surface area contributed by atoms with Crippen molar-refractivity contribution >= 4 is 17.7 Å². The van der Waals surface area contributed by atoms with Crippen molar-refractivity contribution in [1.82, 2.24) is 5.32 Å². The van der Waals surface area contributed by atoms with Crippen LogP contribution in [0.25, 0.3) is 6.08 Å². The zero-order valence-corrected chi connectivity index (χ0v) is 8.68. The van der Waals surface area contributed by atoms with Gasteiger partial charge in [-0.25, -0.2) is 0 Å². The molecule has 0 amide bonds. The zero-order valence-electron chi connectivity index (χ0n) is 7.92. The summed E-state index contributed by atoms with van der Waals surface area (Å²) in [7, 11) is 1.93. The van der Waals surface area contributed by atoms with E-state index in [1.54, 1.807) is 0 Å². The highest BCUT2D eigenvalue weighted by atomic mass is 35.5. The summed E-state index contributed by atoms with van der Waals surface area (Å²) in [6, 6.07) is 8.18. The van der Waals surface area contributed by atoms with E-state index in [4.69, 9.17) is 11.6 Å². The molecule has 0 aliphatic rings. The van der Waals surface area contributed by atoms with Crippen molar-refractivity contribution in [3.63, 3.8) is 0 Å². The summed E-state index contributed by atoms with van der Waals surface area (Å²) in [6.07, 6.45) is 4.12. The Bertz CT molecular complexity index is 294. The molecule has 1 rings (SSSR count). The average molecular weight is 196 g/mol. The number of benzene rings is 1. The Labute approximate surface area is 84.4 Å². The highest BCUT2D eigenvalue weighted by molar-refractivity contribution is 6.32. The van der Waals surface area contributed by atoms with Gasteiger partial charge in [-0.1, -0.05) is 42.0 Å². The molecular formula is C11H14ClN. The molecule has 1 atom stereocenters. The maximum atomic E-state index is 5.98. The third-order valence-electron chi connectivity index (χ3n) is 1.93. The van der Waals surface area contributed by atoms with E-state index in [2.05, 4.69) is 18.3 Å². The molecule has 0 saturated carbocycles. The van der Waals surface area contributed by atoms with Crippen molar-refractivity contribution in [2.45, 2.75) is 13.0 Å². The van der Waals surface area contributed by atoms with Crippen LogP contribution in [0, 0.1) is 0 Å². The lowest BCUT2D eigenvalue weighted by atomic mass is 10.2. The lowest BCUT2D eigenvalue weighted by Gasteiger charge is -2.02. The Morgan fingerprint density at radius 1 is 1.38 bits per heavy atom. The first-order chi connectivity index (χ1) is 6.24. The van der Waals surface area contributed by atoms with Crippen LogP contribution < -0.4 is 5.32 Å². The number of nitrogens with one attached hydrogen (secondary N) is 1. The molecular weight excluding hydrogens is 182 g/mol. The highest BCUT2D eigenvalue weighted by Gasteiger charge is 1.94. The SMILES string of the molecule is CNC(C)C=Cc1ccccc1Cl. The predicted molar refractivity (Wildman–Crippen MR) is 59.0 cm³/mol. The summed E-state index contributed by atoms with van der Waals surface area (Å²) in [5, 5.41) is 3.92. The average Bonchev–Trinajstić information content (AvgIpc) is 2.16. The van der Waals surface area contributed by atoms with Gasteiger partial charge in [-0.05, 0) is 25.6 Å². The van der Waals surface area contributed by atoms with Gasteiger partial charge in [0.15, 0.2) is 0 Å². The Hall–Kier alpha value is -0.790. The fourth-order valence-electron chi connectivity index (χ4n) is 0.954. The maximum Gasteiger partial charge on any atom is 0.0478 e. The molecule has 0 aliphatic carbocycles. The lowest BCUT2D eigenvalue weighted by molar-refractivity contribution is 0.731. The van der Waals surface area contributed by atoms with Gasteiger partial charge in [0.05, 0.1) is 0 Å². The van der Waals surface area contributed by atoms with Gasteiger partial charge in [-0.3, -0.25) is 0 Å². The fourth-order valence-corrected chi connectivity index (χ4v) is 1.15. The van der Waals surface area contributed by atoms with E-state index in [1.807, 2.05) is 37.4 Å². The number of rotatable bonds is 3. The largest absolute Gasteiger partial charge is 0.314 e. The summed E-state index contributed by atoms with van der Waals surface area (Å²) < 4.78 is 0. The molecule has 0 radical (unpaired) electrons. The van der Waals surface area contributed by atoms with Crippen molar-refractivity contribution in [2.75, 3.05) is 7.05 Å². The quantitative estimate of drug-likeness (QED) is 0.782. The Balaban J connectivity index is 2.74. The van der Waals surface area contributed by atoms with Gasteiger partial charge >= 0.3 is 0 Å². The molecule has 1 unspecified atom stereocenters. The van der Waals surface area contributed by atoms with Crippen LogP contribution in [-0.4, -0.2) is 13.1 Å². The summed E-state index contributed by atoms with van der Waals surface area (Å²) >= 11 is 5.98.